The van der Waals surface area contributed by atoms with Crippen LogP contribution in [-0.2, 0) is 11.4 Å². The molecular formula is C26H23N3O3. The number of anilines is 1. The summed E-state index contributed by atoms with van der Waals surface area (Å²) in [4.78, 5) is 27.4. The van der Waals surface area contributed by atoms with Crippen LogP contribution in [0.15, 0.2) is 78.9 Å². The zero-order valence-corrected chi connectivity index (χ0v) is 17.5. The first kappa shape index (κ1) is 21.1. The third-order valence-corrected chi connectivity index (χ3v) is 5.40. The third-order valence-electron chi connectivity index (χ3n) is 5.40. The van der Waals surface area contributed by atoms with Crippen LogP contribution in [0.5, 0.6) is 5.75 Å². The molecule has 0 aliphatic carbocycles. The molecule has 1 N–H and O–H groups in total. The normalized spacial score (nSPS) is 15.1. The number of nitrogens with zero attached hydrogens (tertiary/aromatic N) is 2. The Morgan fingerprint density at radius 2 is 1.84 bits per heavy atom. The molecule has 0 spiro atoms. The topological polar surface area (TPSA) is 82.4 Å². The number of likely N-dealkylation sites (tertiary alicyclic amines) is 1. The second kappa shape index (κ2) is 9.80. The summed E-state index contributed by atoms with van der Waals surface area (Å²) in [5.74, 6) is 0.277. The summed E-state index contributed by atoms with van der Waals surface area (Å²) in [7, 11) is 0. The summed E-state index contributed by atoms with van der Waals surface area (Å²) in [6, 6.07) is 25.0. The van der Waals surface area contributed by atoms with Crippen LogP contribution in [0.2, 0.25) is 0 Å². The first-order chi connectivity index (χ1) is 15.6. The third kappa shape index (κ3) is 4.96. The first-order valence-electron chi connectivity index (χ1n) is 10.5. The lowest BCUT2D eigenvalue weighted by molar-refractivity contribution is -0.119. The van der Waals surface area contributed by atoms with Gasteiger partial charge in [-0.2, -0.15) is 5.26 Å². The average molecular weight is 425 g/mol. The van der Waals surface area contributed by atoms with Gasteiger partial charge >= 0.3 is 0 Å². The summed E-state index contributed by atoms with van der Waals surface area (Å²) in [6.45, 7) is 0.881. The lowest BCUT2D eigenvalue weighted by Gasteiger charge is -2.24. The molecule has 1 heterocycles. The SMILES string of the molecule is N#Cc1cccc(COc2cccc(NC(=O)C3CCCN3C(=O)c3ccccc3)c2)c1. The molecule has 160 valence electrons. The molecule has 0 saturated carbocycles. The van der Waals surface area contributed by atoms with Crippen molar-refractivity contribution in [3.8, 4) is 11.8 Å². The van der Waals surface area contributed by atoms with Crippen molar-refractivity contribution < 1.29 is 14.3 Å². The van der Waals surface area contributed by atoms with E-state index >= 15 is 0 Å². The molecule has 0 bridgehead atoms. The molecule has 32 heavy (non-hydrogen) atoms. The number of benzene rings is 3. The van der Waals surface area contributed by atoms with Crippen molar-refractivity contribution in [3.05, 3.63) is 95.6 Å². The number of hydrogen-bond acceptors (Lipinski definition) is 4. The van der Waals surface area contributed by atoms with Crippen LogP contribution in [0.1, 0.15) is 34.3 Å². The lowest BCUT2D eigenvalue weighted by atomic mass is 10.1. The summed E-state index contributed by atoms with van der Waals surface area (Å²) in [6.07, 6.45) is 1.43. The summed E-state index contributed by atoms with van der Waals surface area (Å²) >= 11 is 0. The molecule has 3 aromatic carbocycles. The fraction of sp³-hybridized carbons (Fsp3) is 0.192. The summed E-state index contributed by atoms with van der Waals surface area (Å²) in [5.41, 5.74) is 2.66. The molecule has 6 nitrogen and oxygen atoms in total. The van der Waals surface area contributed by atoms with E-state index in [9.17, 15) is 9.59 Å². The van der Waals surface area contributed by atoms with E-state index in [0.29, 0.717) is 42.1 Å². The molecule has 0 aromatic heterocycles. The standard InChI is InChI=1S/C26H23N3O3/c27-17-19-7-4-8-20(15-19)18-32-23-12-5-11-22(16-23)28-25(30)24-13-6-14-29(24)26(31)21-9-2-1-3-10-21/h1-5,7-12,15-16,24H,6,13-14,18H2,(H,28,30). The van der Waals surface area contributed by atoms with Crippen LogP contribution in [0.25, 0.3) is 0 Å². The molecule has 1 saturated heterocycles. The van der Waals surface area contributed by atoms with Crippen LogP contribution in [0.4, 0.5) is 5.69 Å². The second-order valence-corrected chi connectivity index (χ2v) is 7.64. The number of hydrogen-bond donors (Lipinski definition) is 1. The molecule has 1 atom stereocenters. The van der Waals surface area contributed by atoms with Gasteiger partial charge in [-0.15, -0.1) is 0 Å². The molecular weight excluding hydrogens is 402 g/mol. The van der Waals surface area contributed by atoms with Gasteiger partial charge in [0, 0.05) is 23.9 Å². The number of nitriles is 1. The van der Waals surface area contributed by atoms with Gasteiger partial charge < -0.3 is 15.0 Å². The van der Waals surface area contributed by atoms with E-state index in [0.717, 1.165) is 12.0 Å². The van der Waals surface area contributed by atoms with Crippen LogP contribution < -0.4 is 10.1 Å². The smallest absolute Gasteiger partial charge is 0.254 e. The number of carbonyl (C=O) groups is 2. The quantitative estimate of drug-likeness (QED) is 0.635. The van der Waals surface area contributed by atoms with Gasteiger partial charge in [0.05, 0.1) is 11.6 Å². The maximum Gasteiger partial charge on any atom is 0.254 e. The minimum absolute atomic E-state index is 0.125. The number of carbonyl (C=O) groups excluding carboxylic acids is 2. The van der Waals surface area contributed by atoms with Crippen molar-refractivity contribution in [2.45, 2.75) is 25.5 Å². The molecule has 3 aromatic rings. The Morgan fingerprint density at radius 3 is 2.66 bits per heavy atom. The highest BCUT2D eigenvalue weighted by atomic mass is 16.5. The molecule has 1 unspecified atom stereocenters. The lowest BCUT2D eigenvalue weighted by Crippen LogP contribution is -2.43. The molecule has 1 aliphatic rings. The Labute approximate surface area is 187 Å². The Hall–Kier alpha value is -4.11. The monoisotopic (exact) mass is 425 g/mol. The molecule has 1 fully saturated rings. The fourth-order valence-corrected chi connectivity index (χ4v) is 3.82. The van der Waals surface area contributed by atoms with Crippen molar-refractivity contribution in [2.75, 3.05) is 11.9 Å². The summed E-state index contributed by atoms with van der Waals surface area (Å²) < 4.78 is 5.83. The first-order valence-corrected chi connectivity index (χ1v) is 10.5. The molecule has 0 radical (unpaired) electrons. The number of nitrogens with one attached hydrogen (secondary N) is 1. The van der Waals surface area contributed by atoms with Gasteiger partial charge in [0.25, 0.3) is 5.91 Å². The van der Waals surface area contributed by atoms with Crippen LogP contribution >= 0.6 is 0 Å². The van der Waals surface area contributed by atoms with Crippen molar-refractivity contribution in [1.82, 2.24) is 4.90 Å². The van der Waals surface area contributed by atoms with Gasteiger partial charge in [-0.3, -0.25) is 9.59 Å². The van der Waals surface area contributed by atoms with Crippen LogP contribution in [0.3, 0.4) is 0 Å². The minimum Gasteiger partial charge on any atom is -0.489 e. The van der Waals surface area contributed by atoms with Gasteiger partial charge in [-0.25, -0.2) is 0 Å². The van der Waals surface area contributed by atoms with Crippen molar-refractivity contribution in [1.29, 1.82) is 5.26 Å². The fourth-order valence-electron chi connectivity index (χ4n) is 3.82. The maximum absolute atomic E-state index is 12.9. The molecule has 4 rings (SSSR count). The van der Waals surface area contributed by atoms with Crippen molar-refractivity contribution >= 4 is 17.5 Å². The highest BCUT2D eigenvalue weighted by Crippen LogP contribution is 2.24. The highest BCUT2D eigenvalue weighted by molar-refractivity contribution is 6.01. The van der Waals surface area contributed by atoms with E-state index in [-0.39, 0.29) is 11.8 Å². The second-order valence-electron chi connectivity index (χ2n) is 7.64. The number of amides is 2. The Bertz CT molecular complexity index is 1150. The highest BCUT2D eigenvalue weighted by Gasteiger charge is 2.34. The minimum atomic E-state index is -0.499. The number of ether oxygens (including phenoxy) is 1. The van der Waals surface area contributed by atoms with E-state index in [1.807, 2.05) is 36.4 Å². The van der Waals surface area contributed by atoms with Gasteiger partial charge in [-0.1, -0.05) is 36.4 Å². The number of rotatable bonds is 6. The zero-order chi connectivity index (χ0) is 22.3. The Balaban J connectivity index is 1.40. The van der Waals surface area contributed by atoms with Gasteiger partial charge in [0.1, 0.15) is 18.4 Å². The van der Waals surface area contributed by atoms with E-state index in [4.69, 9.17) is 10.00 Å². The molecule has 2 amide bonds. The predicted molar refractivity (Wildman–Crippen MR) is 121 cm³/mol. The predicted octanol–water partition coefficient (Wildman–Crippen LogP) is 4.38. The van der Waals surface area contributed by atoms with Crippen molar-refractivity contribution in [3.63, 3.8) is 0 Å². The average Bonchev–Trinajstić information content (AvgIpc) is 3.33. The maximum atomic E-state index is 12.9. The van der Waals surface area contributed by atoms with Crippen molar-refractivity contribution in [2.24, 2.45) is 0 Å². The van der Waals surface area contributed by atoms with E-state index in [2.05, 4.69) is 11.4 Å². The molecule has 1 aliphatic heterocycles. The Kier molecular flexibility index (Phi) is 6.47. The zero-order valence-electron chi connectivity index (χ0n) is 17.5. The molecule has 6 heteroatoms. The van der Waals surface area contributed by atoms with Gasteiger partial charge in [-0.05, 0) is 54.8 Å². The van der Waals surface area contributed by atoms with Crippen LogP contribution in [0, 0.1) is 11.3 Å². The van der Waals surface area contributed by atoms with E-state index in [1.54, 1.807) is 47.4 Å². The van der Waals surface area contributed by atoms with Crippen LogP contribution in [-0.4, -0.2) is 29.3 Å². The van der Waals surface area contributed by atoms with Gasteiger partial charge in [0.15, 0.2) is 0 Å². The Morgan fingerprint density at radius 1 is 1.03 bits per heavy atom. The van der Waals surface area contributed by atoms with Gasteiger partial charge in [0.2, 0.25) is 5.91 Å². The van der Waals surface area contributed by atoms with E-state index in [1.165, 1.54) is 0 Å². The van der Waals surface area contributed by atoms with E-state index < -0.39 is 6.04 Å². The summed E-state index contributed by atoms with van der Waals surface area (Å²) in [5, 5.41) is 11.9. The largest absolute Gasteiger partial charge is 0.489 e.